The molecule has 2 aromatic heterocycles. The minimum absolute atomic E-state index is 0.0293. The number of non-ortho nitro benzene ring substituents is 1. The smallest absolute Gasteiger partial charge is 0.269 e. The first-order chi connectivity index (χ1) is 11.9. The number of nitro groups is 1. The number of pyridine rings is 1. The Hall–Kier alpha value is -3.29. The predicted octanol–water partition coefficient (Wildman–Crippen LogP) is 3.48. The average molecular weight is 339 g/mol. The van der Waals surface area contributed by atoms with Crippen molar-refractivity contribution < 1.29 is 9.72 Å². The first-order valence-electron chi connectivity index (χ1n) is 7.77. The number of fused-ring (bicyclic) bond motifs is 1. The second-order valence-electron chi connectivity index (χ2n) is 5.98. The van der Waals surface area contributed by atoms with Crippen LogP contribution in [0.4, 0.5) is 11.4 Å². The van der Waals surface area contributed by atoms with Gasteiger partial charge < -0.3 is 5.32 Å². The number of hydrogen-bond acceptors (Lipinski definition) is 5. The monoisotopic (exact) mass is 339 g/mol. The molecular weight excluding hydrogens is 322 g/mol. The largest absolute Gasteiger partial charge is 0.322 e. The quantitative estimate of drug-likeness (QED) is 0.579. The van der Waals surface area contributed by atoms with Crippen molar-refractivity contribution in [1.82, 2.24) is 14.8 Å². The molecule has 1 amide bonds. The van der Waals surface area contributed by atoms with Crippen LogP contribution in [0, 0.1) is 17.0 Å². The van der Waals surface area contributed by atoms with Crippen molar-refractivity contribution in [2.24, 2.45) is 0 Å². The Morgan fingerprint density at radius 1 is 1.28 bits per heavy atom. The molecule has 0 atom stereocenters. The van der Waals surface area contributed by atoms with E-state index in [-0.39, 0.29) is 17.6 Å². The number of rotatable bonds is 4. The van der Waals surface area contributed by atoms with Gasteiger partial charge in [0.2, 0.25) is 0 Å². The zero-order chi connectivity index (χ0) is 18.1. The lowest BCUT2D eigenvalue weighted by Gasteiger charge is -2.10. The van der Waals surface area contributed by atoms with Crippen molar-refractivity contribution in [3.05, 3.63) is 57.9 Å². The summed E-state index contributed by atoms with van der Waals surface area (Å²) in [6.45, 7) is 5.79. The molecule has 0 bridgehead atoms. The lowest BCUT2D eigenvalue weighted by atomic mass is 10.1. The minimum Gasteiger partial charge on any atom is -0.322 e. The van der Waals surface area contributed by atoms with Gasteiger partial charge in [-0.15, -0.1) is 0 Å². The Bertz CT molecular complexity index is 960. The summed E-state index contributed by atoms with van der Waals surface area (Å²) in [5.74, 6) is -0.321. The first kappa shape index (κ1) is 16.6. The Labute approximate surface area is 143 Å². The molecule has 0 radical (unpaired) electrons. The van der Waals surface area contributed by atoms with E-state index in [0.717, 1.165) is 11.0 Å². The molecule has 3 rings (SSSR count). The van der Waals surface area contributed by atoms with Crippen LogP contribution >= 0.6 is 0 Å². The maximum absolute atomic E-state index is 12.5. The summed E-state index contributed by atoms with van der Waals surface area (Å²) in [6, 6.07) is 7.60. The highest BCUT2D eigenvalue weighted by Gasteiger charge is 2.16. The molecule has 0 spiro atoms. The number of aromatic nitrogens is 3. The fourth-order valence-corrected chi connectivity index (χ4v) is 2.54. The molecule has 25 heavy (non-hydrogen) atoms. The Morgan fingerprint density at radius 2 is 1.96 bits per heavy atom. The zero-order valence-electron chi connectivity index (χ0n) is 14.1. The van der Waals surface area contributed by atoms with Gasteiger partial charge in [-0.25, -0.2) is 9.67 Å². The van der Waals surface area contributed by atoms with Crippen LogP contribution in [-0.2, 0) is 0 Å². The van der Waals surface area contributed by atoms with Gasteiger partial charge in [0.05, 0.1) is 22.4 Å². The molecule has 3 aromatic rings. The molecule has 128 valence electrons. The van der Waals surface area contributed by atoms with Crippen LogP contribution in [-0.4, -0.2) is 25.6 Å². The van der Waals surface area contributed by atoms with Crippen LogP contribution in [0.3, 0.4) is 0 Å². The van der Waals surface area contributed by atoms with Crippen molar-refractivity contribution in [2.45, 2.75) is 26.8 Å². The van der Waals surface area contributed by atoms with Crippen molar-refractivity contribution in [2.75, 3.05) is 5.32 Å². The number of aryl methyl sites for hydroxylation is 1. The molecule has 1 N–H and O–H groups in total. The highest BCUT2D eigenvalue weighted by atomic mass is 16.6. The van der Waals surface area contributed by atoms with Crippen molar-refractivity contribution >= 4 is 28.3 Å². The molecule has 0 unspecified atom stereocenters. The van der Waals surface area contributed by atoms with E-state index in [9.17, 15) is 14.9 Å². The van der Waals surface area contributed by atoms with Gasteiger partial charge >= 0.3 is 0 Å². The fraction of sp³-hybridized carbons (Fsp3) is 0.235. The van der Waals surface area contributed by atoms with Gasteiger partial charge in [0.1, 0.15) is 0 Å². The van der Waals surface area contributed by atoms with E-state index in [1.807, 2.05) is 13.8 Å². The average Bonchev–Trinajstić information content (AvgIpc) is 2.97. The highest BCUT2D eigenvalue weighted by molar-refractivity contribution is 6.06. The van der Waals surface area contributed by atoms with E-state index >= 15 is 0 Å². The zero-order valence-corrected chi connectivity index (χ0v) is 14.1. The van der Waals surface area contributed by atoms with Gasteiger partial charge in [-0.05, 0) is 39.0 Å². The van der Waals surface area contributed by atoms with Gasteiger partial charge in [0.25, 0.3) is 11.6 Å². The summed E-state index contributed by atoms with van der Waals surface area (Å²) in [4.78, 5) is 27.2. The van der Waals surface area contributed by atoms with Crippen LogP contribution in [0.25, 0.3) is 11.0 Å². The van der Waals surface area contributed by atoms with Gasteiger partial charge in [0, 0.05) is 29.2 Å². The van der Waals surface area contributed by atoms with Crippen LogP contribution < -0.4 is 5.32 Å². The summed E-state index contributed by atoms with van der Waals surface area (Å²) in [7, 11) is 0. The lowest BCUT2D eigenvalue weighted by molar-refractivity contribution is -0.384. The summed E-state index contributed by atoms with van der Waals surface area (Å²) in [5, 5.41) is 18.5. The van der Waals surface area contributed by atoms with E-state index in [1.54, 1.807) is 23.9 Å². The second-order valence-corrected chi connectivity index (χ2v) is 5.98. The molecule has 0 saturated carbocycles. The maximum Gasteiger partial charge on any atom is 0.269 e. The Morgan fingerprint density at radius 3 is 2.56 bits per heavy atom. The molecule has 0 aliphatic carbocycles. The number of carbonyl (C=O) groups is 1. The number of nitro benzene ring substituents is 1. The molecule has 8 heteroatoms. The third-order valence-corrected chi connectivity index (χ3v) is 3.83. The highest BCUT2D eigenvalue weighted by Crippen LogP contribution is 2.21. The van der Waals surface area contributed by atoms with Crippen LogP contribution in [0.1, 0.15) is 35.9 Å². The van der Waals surface area contributed by atoms with Crippen molar-refractivity contribution in [3.63, 3.8) is 0 Å². The van der Waals surface area contributed by atoms with Crippen LogP contribution in [0.5, 0.6) is 0 Å². The Balaban J connectivity index is 1.89. The van der Waals surface area contributed by atoms with Crippen LogP contribution in [0.2, 0.25) is 0 Å². The standard InChI is InChI=1S/C17H17N5O3/c1-10(2)21-16-12(9-18-21)8-15(11(3)19-16)17(23)20-13-4-6-14(7-5-13)22(24)25/h4-10H,1-3H3,(H,20,23). The van der Waals surface area contributed by atoms with E-state index in [1.165, 1.54) is 24.3 Å². The second kappa shape index (κ2) is 6.31. The van der Waals surface area contributed by atoms with E-state index in [2.05, 4.69) is 15.4 Å². The first-order valence-corrected chi connectivity index (χ1v) is 7.77. The number of benzene rings is 1. The Kier molecular flexibility index (Phi) is 4.18. The van der Waals surface area contributed by atoms with Gasteiger partial charge in [0.15, 0.2) is 5.65 Å². The number of anilines is 1. The minimum atomic E-state index is -0.486. The predicted molar refractivity (Wildman–Crippen MR) is 93.7 cm³/mol. The SMILES string of the molecule is Cc1nc2c(cnn2C(C)C)cc1C(=O)Nc1ccc([N+](=O)[O-])cc1. The molecule has 0 saturated heterocycles. The summed E-state index contributed by atoms with van der Waals surface area (Å²) in [6.07, 6.45) is 1.68. The number of hydrogen-bond donors (Lipinski definition) is 1. The third kappa shape index (κ3) is 3.18. The van der Waals surface area contributed by atoms with Gasteiger partial charge in [-0.2, -0.15) is 5.10 Å². The maximum atomic E-state index is 12.5. The number of nitrogens with one attached hydrogen (secondary N) is 1. The number of amides is 1. The molecule has 1 aromatic carbocycles. The molecule has 0 aliphatic heterocycles. The number of nitrogens with zero attached hydrogens (tertiary/aromatic N) is 4. The molecule has 0 fully saturated rings. The van der Waals surface area contributed by atoms with Crippen molar-refractivity contribution in [3.8, 4) is 0 Å². The number of carbonyl (C=O) groups excluding carboxylic acids is 1. The molecular formula is C17H17N5O3. The van der Waals surface area contributed by atoms with Gasteiger partial charge in [-0.1, -0.05) is 0 Å². The molecule has 2 heterocycles. The van der Waals surface area contributed by atoms with E-state index in [4.69, 9.17) is 0 Å². The van der Waals surface area contributed by atoms with E-state index in [0.29, 0.717) is 16.9 Å². The van der Waals surface area contributed by atoms with E-state index < -0.39 is 4.92 Å². The summed E-state index contributed by atoms with van der Waals surface area (Å²) >= 11 is 0. The molecule has 0 aliphatic rings. The lowest BCUT2D eigenvalue weighted by Crippen LogP contribution is -2.14. The van der Waals surface area contributed by atoms with Crippen molar-refractivity contribution in [1.29, 1.82) is 0 Å². The third-order valence-electron chi connectivity index (χ3n) is 3.83. The topological polar surface area (TPSA) is 103 Å². The summed E-state index contributed by atoms with van der Waals surface area (Å²) < 4.78 is 1.81. The van der Waals surface area contributed by atoms with Gasteiger partial charge in [-0.3, -0.25) is 14.9 Å². The molecule has 8 nitrogen and oxygen atoms in total. The normalized spacial score (nSPS) is 11.0. The fourth-order valence-electron chi connectivity index (χ4n) is 2.54. The van der Waals surface area contributed by atoms with Crippen LogP contribution in [0.15, 0.2) is 36.5 Å². The summed E-state index contributed by atoms with van der Waals surface area (Å²) in [5.41, 5.74) is 2.22.